The van der Waals surface area contributed by atoms with E-state index in [2.05, 4.69) is 38.0 Å². The Hall–Kier alpha value is -1.61. The molecule has 3 nitrogen and oxygen atoms in total. The molecule has 0 aliphatic carbocycles. The third-order valence-electron chi connectivity index (χ3n) is 3.34. The molecule has 0 amide bonds. The summed E-state index contributed by atoms with van der Waals surface area (Å²) in [6, 6.07) is 8.16. The van der Waals surface area contributed by atoms with Crippen LogP contribution in [-0.4, -0.2) is 14.9 Å². The van der Waals surface area contributed by atoms with Crippen molar-refractivity contribution >= 4 is 0 Å². The predicted octanol–water partition coefficient (Wildman–Crippen LogP) is 3.50. The van der Waals surface area contributed by atoms with Crippen LogP contribution in [0.25, 0.3) is 0 Å². The highest BCUT2D eigenvalue weighted by atomic mass is 16.3. The molecule has 0 fully saturated rings. The summed E-state index contributed by atoms with van der Waals surface area (Å²) >= 11 is 0. The zero-order valence-corrected chi connectivity index (χ0v) is 11.9. The lowest BCUT2D eigenvalue weighted by Gasteiger charge is -2.11. The summed E-state index contributed by atoms with van der Waals surface area (Å²) in [5.74, 6) is 0.512. The van der Waals surface area contributed by atoms with Gasteiger partial charge in [-0.05, 0) is 23.5 Å². The minimum atomic E-state index is -0.591. The maximum Gasteiger partial charge on any atom is 0.107 e. The van der Waals surface area contributed by atoms with Crippen LogP contribution in [0.3, 0.4) is 0 Å². The molecule has 0 aliphatic rings. The van der Waals surface area contributed by atoms with E-state index in [0.717, 1.165) is 24.1 Å². The minimum absolute atomic E-state index is 0.512. The summed E-state index contributed by atoms with van der Waals surface area (Å²) in [5.41, 5.74) is 3.06. The van der Waals surface area contributed by atoms with Gasteiger partial charge in [0.2, 0.25) is 0 Å². The molecule has 1 aromatic heterocycles. The van der Waals surface area contributed by atoms with E-state index in [4.69, 9.17) is 0 Å². The van der Waals surface area contributed by atoms with Gasteiger partial charge in [0.1, 0.15) is 6.10 Å². The van der Waals surface area contributed by atoms with Crippen LogP contribution in [-0.2, 0) is 6.54 Å². The Labute approximate surface area is 114 Å². The highest BCUT2D eigenvalue weighted by Gasteiger charge is 2.12. The van der Waals surface area contributed by atoms with Gasteiger partial charge in [-0.15, -0.1) is 0 Å². The van der Waals surface area contributed by atoms with Crippen molar-refractivity contribution in [1.82, 2.24) is 9.78 Å². The SMILES string of the molecule is CCCn1cc(C(O)c2ccc(C(C)C)cc2)cn1. The molecular formula is C16H22N2O. The Morgan fingerprint density at radius 3 is 2.32 bits per heavy atom. The number of aromatic nitrogens is 2. The average Bonchev–Trinajstić information content (AvgIpc) is 2.87. The summed E-state index contributed by atoms with van der Waals surface area (Å²) in [5, 5.41) is 14.6. The van der Waals surface area contributed by atoms with Crippen LogP contribution in [0.2, 0.25) is 0 Å². The topological polar surface area (TPSA) is 38.0 Å². The second kappa shape index (κ2) is 6.02. The van der Waals surface area contributed by atoms with Crippen LogP contribution in [0.4, 0.5) is 0 Å². The Kier molecular flexibility index (Phi) is 4.38. The standard InChI is InChI=1S/C16H22N2O/c1-4-9-18-11-15(10-17-18)16(19)14-7-5-13(6-8-14)12(2)3/h5-8,10-12,16,19H,4,9H2,1-3H3. The number of benzene rings is 1. The first-order chi connectivity index (χ1) is 9.11. The molecule has 1 atom stereocenters. The molecule has 2 rings (SSSR count). The first-order valence-corrected chi connectivity index (χ1v) is 6.92. The number of hydrogen-bond acceptors (Lipinski definition) is 2. The Morgan fingerprint density at radius 2 is 1.74 bits per heavy atom. The van der Waals surface area contributed by atoms with E-state index < -0.39 is 6.10 Å². The third-order valence-corrected chi connectivity index (χ3v) is 3.34. The van der Waals surface area contributed by atoms with Crippen LogP contribution < -0.4 is 0 Å². The maximum atomic E-state index is 10.3. The number of aliphatic hydroxyl groups excluding tert-OH is 1. The van der Waals surface area contributed by atoms with E-state index in [9.17, 15) is 5.11 Å². The fraction of sp³-hybridized carbons (Fsp3) is 0.438. The quantitative estimate of drug-likeness (QED) is 0.891. The maximum absolute atomic E-state index is 10.3. The highest BCUT2D eigenvalue weighted by Crippen LogP contribution is 2.23. The third kappa shape index (κ3) is 3.24. The van der Waals surface area contributed by atoms with Crippen molar-refractivity contribution in [2.45, 2.75) is 45.8 Å². The van der Waals surface area contributed by atoms with Crippen molar-refractivity contribution in [3.05, 3.63) is 53.3 Å². The second-order valence-corrected chi connectivity index (χ2v) is 5.26. The van der Waals surface area contributed by atoms with Crippen LogP contribution in [0, 0.1) is 0 Å². The fourth-order valence-electron chi connectivity index (χ4n) is 2.13. The van der Waals surface area contributed by atoms with Gasteiger partial charge in [0.05, 0.1) is 6.20 Å². The monoisotopic (exact) mass is 258 g/mol. The number of aliphatic hydroxyl groups is 1. The van der Waals surface area contributed by atoms with Crippen molar-refractivity contribution in [3.63, 3.8) is 0 Å². The molecule has 19 heavy (non-hydrogen) atoms. The zero-order chi connectivity index (χ0) is 13.8. The van der Waals surface area contributed by atoms with E-state index in [-0.39, 0.29) is 0 Å². The molecule has 1 aromatic carbocycles. The lowest BCUT2D eigenvalue weighted by atomic mass is 9.98. The van der Waals surface area contributed by atoms with Crippen molar-refractivity contribution in [3.8, 4) is 0 Å². The molecule has 0 saturated carbocycles. The molecule has 0 bridgehead atoms. The van der Waals surface area contributed by atoms with Gasteiger partial charge in [0.15, 0.2) is 0 Å². The molecule has 2 aromatic rings. The first kappa shape index (κ1) is 13.8. The largest absolute Gasteiger partial charge is 0.384 e. The van der Waals surface area contributed by atoms with Gasteiger partial charge in [0, 0.05) is 18.3 Å². The summed E-state index contributed by atoms with van der Waals surface area (Å²) in [6.45, 7) is 7.34. The Bertz CT molecular complexity index is 514. The molecule has 0 spiro atoms. The zero-order valence-electron chi connectivity index (χ0n) is 11.9. The number of aryl methyl sites for hydroxylation is 1. The molecule has 3 heteroatoms. The smallest absolute Gasteiger partial charge is 0.107 e. The van der Waals surface area contributed by atoms with Gasteiger partial charge >= 0.3 is 0 Å². The van der Waals surface area contributed by atoms with Crippen molar-refractivity contribution in [2.75, 3.05) is 0 Å². The highest BCUT2D eigenvalue weighted by molar-refractivity contribution is 5.31. The molecule has 1 heterocycles. The van der Waals surface area contributed by atoms with Gasteiger partial charge < -0.3 is 5.11 Å². The molecule has 0 aliphatic heterocycles. The summed E-state index contributed by atoms with van der Waals surface area (Å²) in [7, 11) is 0. The van der Waals surface area contributed by atoms with Gasteiger partial charge in [-0.25, -0.2) is 0 Å². The van der Waals surface area contributed by atoms with Gasteiger partial charge in [-0.2, -0.15) is 5.10 Å². The second-order valence-electron chi connectivity index (χ2n) is 5.26. The Morgan fingerprint density at radius 1 is 1.11 bits per heavy atom. The van der Waals surface area contributed by atoms with Gasteiger partial charge in [0.25, 0.3) is 0 Å². The number of nitrogens with zero attached hydrogens (tertiary/aromatic N) is 2. The first-order valence-electron chi connectivity index (χ1n) is 6.92. The molecular weight excluding hydrogens is 236 g/mol. The van der Waals surface area contributed by atoms with Crippen LogP contribution in [0.1, 0.15) is 55.9 Å². The Balaban J connectivity index is 2.15. The van der Waals surface area contributed by atoms with E-state index in [1.54, 1.807) is 6.20 Å². The van der Waals surface area contributed by atoms with E-state index in [1.165, 1.54) is 5.56 Å². The van der Waals surface area contributed by atoms with Crippen molar-refractivity contribution in [2.24, 2.45) is 0 Å². The van der Waals surface area contributed by atoms with E-state index in [1.807, 2.05) is 23.0 Å². The van der Waals surface area contributed by atoms with Gasteiger partial charge in [-0.1, -0.05) is 45.0 Å². The van der Waals surface area contributed by atoms with Crippen LogP contribution >= 0.6 is 0 Å². The minimum Gasteiger partial charge on any atom is -0.384 e. The molecule has 1 unspecified atom stereocenters. The van der Waals surface area contributed by atoms with E-state index in [0.29, 0.717) is 5.92 Å². The van der Waals surface area contributed by atoms with Gasteiger partial charge in [-0.3, -0.25) is 4.68 Å². The summed E-state index contributed by atoms with van der Waals surface area (Å²) < 4.78 is 1.88. The molecule has 1 N–H and O–H groups in total. The summed E-state index contributed by atoms with van der Waals surface area (Å²) in [6.07, 6.45) is 4.12. The van der Waals surface area contributed by atoms with Crippen LogP contribution in [0.15, 0.2) is 36.7 Å². The average molecular weight is 258 g/mol. The number of hydrogen-bond donors (Lipinski definition) is 1. The molecule has 0 radical (unpaired) electrons. The fourth-order valence-corrected chi connectivity index (χ4v) is 2.13. The molecule has 0 saturated heterocycles. The lowest BCUT2D eigenvalue weighted by molar-refractivity contribution is 0.220. The van der Waals surface area contributed by atoms with Crippen molar-refractivity contribution in [1.29, 1.82) is 0 Å². The van der Waals surface area contributed by atoms with Crippen LogP contribution in [0.5, 0.6) is 0 Å². The predicted molar refractivity (Wildman–Crippen MR) is 77.1 cm³/mol. The summed E-state index contributed by atoms with van der Waals surface area (Å²) in [4.78, 5) is 0. The number of rotatable bonds is 5. The van der Waals surface area contributed by atoms with E-state index >= 15 is 0 Å². The van der Waals surface area contributed by atoms with Crippen molar-refractivity contribution < 1.29 is 5.11 Å². The molecule has 102 valence electrons. The lowest BCUT2D eigenvalue weighted by Crippen LogP contribution is -2.00. The normalized spacial score (nSPS) is 12.9.